The van der Waals surface area contributed by atoms with E-state index >= 15 is 0 Å². The Bertz CT molecular complexity index is 956. The number of amides is 1. The molecule has 3 rings (SSSR count). The Morgan fingerprint density at radius 1 is 1.00 bits per heavy atom. The zero-order valence-corrected chi connectivity index (χ0v) is 15.4. The van der Waals surface area contributed by atoms with Gasteiger partial charge in [0.25, 0.3) is 11.6 Å². The first kappa shape index (κ1) is 19.1. The van der Waals surface area contributed by atoms with Crippen molar-refractivity contribution in [2.24, 2.45) is 0 Å². The summed E-state index contributed by atoms with van der Waals surface area (Å²) in [6.45, 7) is 1.68. The first-order valence-electron chi connectivity index (χ1n) is 8.85. The molecule has 6 heteroatoms. The van der Waals surface area contributed by atoms with Crippen LogP contribution in [-0.4, -0.2) is 17.4 Å². The Labute approximate surface area is 162 Å². The molecule has 1 unspecified atom stereocenters. The SMILES string of the molecule is CC(NC(=O)COc1cccc([N+](=O)[O-])c1)c1ccc(-c2ccccc2)cc1. The minimum atomic E-state index is -0.506. The molecule has 0 aromatic heterocycles. The summed E-state index contributed by atoms with van der Waals surface area (Å²) in [7, 11) is 0. The lowest BCUT2D eigenvalue weighted by molar-refractivity contribution is -0.384. The van der Waals surface area contributed by atoms with Gasteiger partial charge < -0.3 is 10.1 Å². The van der Waals surface area contributed by atoms with Crippen molar-refractivity contribution >= 4 is 11.6 Å². The van der Waals surface area contributed by atoms with Crippen LogP contribution in [0.1, 0.15) is 18.5 Å². The molecular weight excluding hydrogens is 356 g/mol. The number of nitrogens with zero attached hydrogens (tertiary/aromatic N) is 1. The van der Waals surface area contributed by atoms with Gasteiger partial charge >= 0.3 is 0 Å². The summed E-state index contributed by atoms with van der Waals surface area (Å²) in [5, 5.41) is 13.6. The molecule has 0 heterocycles. The zero-order chi connectivity index (χ0) is 19.9. The molecule has 0 bridgehead atoms. The van der Waals surface area contributed by atoms with E-state index in [9.17, 15) is 14.9 Å². The van der Waals surface area contributed by atoms with Gasteiger partial charge in [0.15, 0.2) is 6.61 Å². The second-order valence-corrected chi connectivity index (χ2v) is 6.32. The molecule has 3 aromatic carbocycles. The van der Waals surface area contributed by atoms with Gasteiger partial charge in [-0.2, -0.15) is 0 Å². The van der Waals surface area contributed by atoms with E-state index in [-0.39, 0.29) is 30.0 Å². The molecule has 1 amide bonds. The normalized spacial score (nSPS) is 11.5. The van der Waals surface area contributed by atoms with Crippen molar-refractivity contribution in [2.45, 2.75) is 13.0 Å². The second-order valence-electron chi connectivity index (χ2n) is 6.32. The van der Waals surface area contributed by atoms with Gasteiger partial charge in [0.1, 0.15) is 5.75 Å². The summed E-state index contributed by atoms with van der Waals surface area (Å²) in [4.78, 5) is 22.4. The highest BCUT2D eigenvalue weighted by Crippen LogP contribution is 2.22. The maximum Gasteiger partial charge on any atom is 0.273 e. The Morgan fingerprint density at radius 2 is 1.68 bits per heavy atom. The maximum atomic E-state index is 12.1. The van der Waals surface area contributed by atoms with Crippen molar-refractivity contribution < 1.29 is 14.5 Å². The number of rotatable bonds is 7. The first-order valence-corrected chi connectivity index (χ1v) is 8.85. The topological polar surface area (TPSA) is 81.5 Å². The van der Waals surface area contributed by atoms with E-state index in [1.165, 1.54) is 18.2 Å². The van der Waals surface area contributed by atoms with Crippen molar-refractivity contribution in [1.82, 2.24) is 5.32 Å². The predicted octanol–water partition coefficient (Wildman–Crippen LogP) is 4.52. The Hall–Kier alpha value is -3.67. The number of carbonyl (C=O) groups excluding carboxylic acids is 1. The van der Waals surface area contributed by atoms with E-state index in [2.05, 4.69) is 5.32 Å². The number of ether oxygens (including phenoxy) is 1. The van der Waals surface area contributed by atoms with Crippen LogP contribution in [0.3, 0.4) is 0 Å². The maximum absolute atomic E-state index is 12.1. The van der Waals surface area contributed by atoms with E-state index in [0.29, 0.717) is 0 Å². The fraction of sp³-hybridized carbons (Fsp3) is 0.136. The molecule has 6 nitrogen and oxygen atoms in total. The Morgan fingerprint density at radius 3 is 2.36 bits per heavy atom. The van der Waals surface area contributed by atoms with Crippen molar-refractivity contribution in [3.05, 3.63) is 94.5 Å². The van der Waals surface area contributed by atoms with Gasteiger partial charge in [-0.25, -0.2) is 0 Å². The van der Waals surface area contributed by atoms with Crippen LogP contribution in [0, 0.1) is 10.1 Å². The number of hydrogen-bond donors (Lipinski definition) is 1. The molecule has 142 valence electrons. The van der Waals surface area contributed by atoms with Gasteiger partial charge in [-0.1, -0.05) is 60.7 Å². The number of benzene rings is 3. The highest BCUT2D eigenvalue weighted by atomic mass is 16.6. The highest BCUT2D eigenvalue weighted by Gasteiger charge is 2.12. The molecule has 3 aromatic rings. The quantitative estimate of drug-likeness (QED) is 0.486. The minimum absolute atomic E-state index is 0.0789. The van der Waals surface area contributed by atoms with Crippen LogP contribution in [0.4, 0.5) is 5.69 Å². The Balaban J connectivity index is 1.55. The molecule has 0 saturated carbocycles. The molecule has 0 fully saturated rings. The molecule has 0 saturated heterocycles. The molecule has 0 radical (unpaired) electrons. The van der Waals surface area contributed by atoms with Gasteiger partial charge in [-0.15, -0.1) is 0 Å². The summed E-state index contributed by atoms with van der Waals surface area (Å²) >= 11 is 0. The lowest BCUT2D eigenvalue weighted by Crippen LogP contribution is -2.31. The Kier molecular flexibility index (Phi) is 6.01. The predicted molar refractivity (Wildman–Crippen MR) is 107 cm³/mol. The van der Waals surface area contributed by atoms with Crippen molar-refractivity contribution in [2.75, 3.05) is 6.61 Å². The smallest absolute Gasteiger partial charge is 0.273 e. The third-order valence-electron chi connectivity index (χ3n) is 4.29. The van der Waals surface area contributed by atoms with Crippen molar-refractivity contribution in [1.29, 1.82) is 0 Å². The summed E-state index contributed by atoms with van der Waals surface area (Å²) < 4.78 is 5.36. The summed E-state index contributed by atoms with van der Waals surface area (Å²) in [5.74, 6) is -0.0182. The fourth-order valence-corrected chi connectivity index (χ4v) is 2.80. The van der Waals surface area contributed by atoms with Gasteiger partial charge in [-0.3, -0.25) is 14.9 Å². The number of hydrogen-bond acceptors (Lipinski definition) is 4. The largest absolute Gasteiger partial charge is 0.484 e. The number of nitro benzene ring substituents is 1. The standard InChI is InChI=1S/C22H20N2O4/c1-16(17-10-12-19(13-11-17)18-6-3-2-4-7-18)23-22(25)15-28-21-9-5-8-20(14-21)24(26)27/h2-14,16H,15H2,1H3,(H,23,25). The van der Waals surface area contributed by atoms with E-state index in [1.807, 2.05) is 61.5 Å². The van der Waals surface area contributed by atoms with Gasteiger partial charge in [0, 0.05) is 6.07 Å². The lowest BCUT2D eigenvalue weighted by atomic mass is 10.0. The molecule has 0 aliphatic carbocycles. The molecule has 28 heavy (non-hydrogen) atoms. The molecule has 0 aliphatic rings. The zero-order valence-electron chi connectivity index (χ0n) is 15.4. The number of non-ortho nitro benzene ring substituents is 1. The van der Waals surface area contributed by atoms with E-state index in [1.54, 1.807) is 6.07 Å². The summed E-state index contributed by atoms with van der Waals surface area (Å²) in [6.07, 6.45) is 0. The number of nitrogens with one attached hydrogen (secondary N) is 1. The minimum Gasteiger partial charge on any atom is -0.484 e. The van der Waals surface area contributed by atoms with E-state index in [0.717, 1.165) is 16.7 Å². The van der Waals surface area contributed by atoms with Crippen LogP contribution in [0.15, 0.2) is 78.9 Å². The molecule has 1 N–H and O–H groups in total. The van der Waals surface area contributed by atoms with Crippen LogP contribution in [0.25, 0.3) is 11.1 Å². The van der Waals surface area contributed by atoms with Crippen LogP contribution in [0.2, 0.25) is 0 Å². The van der Waals surface area contributed by atoms with Crippen molar-refractivity contribution in [3.63, 3.8) is 0 Å². The summed E-state index contributed by atoms with van der Waals surface area (Å²) in [5.41, 5.74) is 3.14. The van der Waals surface area contributed by atoms with Gasteiger partial charge in [-0.05, 0) is 29.7 Å². The fourth-order valence-electron chi connectivity index (χ4n) is 2.80. The van der Waals surface area contributed by atoms with E-state index < -0.39 is 4.92 Å². The van der Waals surface area contributed by atoms with Gasteiger partial charge in [0.2, 0.25) is 0 Å². The molecular formula is C22H20N2O4. The number of nitro groups is 1. The molecule has 0 aliphatic heterocycles. The third-order valence-corrected chi connectivity index (χ3v) is 4.29. The molecule has 0 spiro atoms. The average Bonchev–Trinajstić information content (AvgIpc) is 2.73. The van der Waals surface area contributed by atoms with Crippen molar-refractivity contribution in [3.8, 4) is 16.9 Å². The second kappa shape index (κ2) is 8.81. The van der Waals surface area contributed by atoms with Gasteiger partial charge in [0.05, 0.1) is 17.0 Å². The lowest BCUT2D eigenvalue weighted by Gasteiger charge is -2.15. The van der Waals surface area contributed by atoms with Crippen LogP contribution < -0.4 is 10.1 Å². The van der Waals surface area contributed by atoms with Crippen LogP contribution in [-0.2, 0) is 4.79 Å². The van der Waals surface area contributed by atoms with Crippen LogP contribution >= 0.6 is 0 Å². The monoisotopic (exact) mass is 376 g/mol. The summed E-state index contributed by atoms with van der Waals surface area (Å²) in [6, 6.07) is 23.6. The van der Waals surface area contributed by atoms with E-state index in [4.69, 9.17) is 4.74 Å². The highest BCUT2D eigenvalue weighted by molar-refractivity contribution is 5.78. The average molecular weight is 376 g/mol. The van der Waals surface area contributed by atoms with Crippen LogP contribution in [0.5, 0.6) is 5.75 Å². The first-order chi connectivity index (χ1) is 13.5. The third kappa shape index (κ3) is 4.94. The molecule has 1 atom stereocenters. The number of carbonyl (C=O) groups is 1.